The zero-order chi connectivity index (χ0) is 19.0. The number of likely N-dealkylation sites (tertiary alicyclic amines) is 1. The van der Waals surface area contributed by atoms with Crippen molar-refractivity contribution in [1.29, 1.82) is 0 Å². The maximum Gasteiger partial charge on any atom is 0.335 e. The Labute approximate surface area is 166 Å². The molecule has 0 spiro atoms. The van der Waals surface area contributed by atoms with E-state index in [9.17, 15) is 4.79 Å². The zero-order valence-corrected chi connectivity index (χ0v) is 16.8. The number of aromatic carboxylic acids is 1. The number of fused-ring (bicyclic) bond motifs is 1. The highest BCUT2D eigenvalue weighted by molar-refractivity contribution is 9.10. The van der Waals surface area contributed by atoms with Crippen LogP contribution in [0.25, 0.3) is 11.0 Å². The summed E-state index contributed by atoms with van der Waals surface area (Å²) in [6, 6.07) is 11.6. The van der Waals surface area contributed by atoms with Gasteiger partial charge in [-0.1, -0.05) is 12.1 Å². The monoisotopic (exact) mass is 427 g/mol. The van der Waals surface area contributed by atoms with Gasteiger partial charge in [0.05, 0.1) is 5.56 Å². The van der Waals surface area contributed by atoms with Crippen molar-refractivity contribution in [3.05, 3.63) is 63.9 Å². The van der Waals surface area contributed by atoms with Crippen molar-refractivity contribution in [2.75, 3.05) is 13.1 Å². The second kappa shape index (κ2) is 7.44. The molecule has 4 rings (SSSR count). The number of pyridine rings is 1. The van der Waals surface area contributed by atoms with E-state index in [-0.39, 0.29) is 0 Å². The third-order valence-electron chi connectivity index (χ3n) is 5.58. The molecular formula is C21H22BrN3O2. The Kier molecular flexibility index (Phi) is 5.02. The summed E-state index contributed by atoms with van der Waals surface area (Å²) in [5.74, 6) is -0.361. The van der Waals surface area contributed by atoms with Gasteiger partial charge in [-0.25, -0.2) is 9.78 Å². The highest BCUT2D eigenvalue weighted by Gasteiger charge is 2.22. The summed E-state index contributed by atoms with van der Waals surface area (Å²) >= 11 is 3.61. The van der Waals surface area contributed by atoms with E-state index in [1.54, 1.807) is 12.1 Å². The Morgan fingerprint density at radius 1 is 1.22 bits per heavy atom. The summed E-state index contributed by atoms with van der Waals surface area (Å²) < 4.78 is 3.26. The normalized spacial score (nSPS) is 16.1. The van der Waals surface area contributed by atoms with Crippen LogP contribution in [-0.4, -0.2) is 38.6 Å². The highest BCUT2D eigenvalue weighted by Crippen LogP contribution is 2.30. The van der Waals surface area contributed by atoms with Gasteiger partial charge in [-0.05, 0) is 77.6 Å². The number of piperidine rings is 1. The molecule has 0 atom stereocenters. The first-order chi connectivity index (χ1) is 13.0. The number of nitrogens with zero attached hydrogens (tertiary/aromatic N) is 3. The number of rotatable bonds is 4. The molecule has 0 bridgehead atoms. The van der Waals surface area contributed by atoms with Gasteiger partial charge in [-0.2, -0.15) is 0 Å². The lowest BCUT2D eigenvalue weighted by Gasteiger charge is -2.32. The average molecular weight is 428 g/mol. The van der Waals surface area contributed by atoms with Crippen LogP contribution in [0, 0.1) is 0 Å². The molecular weight excluding hydrogens is 406 g/mol. The second-order valence-corrected chi connectivity index (χ2v) is 8.06. The second-order valence-electron chi connectivity index (χ2n) is 7.20. The maximum absolute atomic E-state index is 11.0. The molecule has 1 N–H and O–H groups in total. The molecule has 27 heavy (non-hydrogen) atoms. The van der Waals surface area contributed by atoms with Crippen LogP contribution >= 0.6 is 15.9 Å². The molecule has 0 unspecified atom stereocenters. The minimum Gasteiger partial charge on any atom is -0.478 e. The van der Waals surface area contributed by atoms with Gasteiger partial charge in [-0.15, -0.1) is 0 Å². The Balaban J connectivity index is 1.42. The number of benzene rings is 1. The van der Waals surface area contributed by atoms with Gasteiger partial charge < -0.3 is 9.67 Å². The SMILES string of the molecule is Cn1c(CN2CCC(c3ccc(C(=O)O)cc3)CC2)cc2c(Br)ccnc21. The number of hydrogen-bond donors (Lipinski definition) is 1. The molecule has 1 aliphatic heterocycles. The standard InChI is InChI=1S/C21H22BrN3O2/c1-24-17(12-18-19(22)6-9-23-20(18)24)13-25-10-7-15(8-11-25)14-2-4-16(5-3-14)21(26)27/h2-6,9,12,15H,7-8,10-11,13H2,1H3,(H,26,27). The van der Waals surface area contributed by atoms with E-state index in [4.69, 9.17) is 5.11 Å². The van der Waals surface area contributed by atoms with Crippen molar-refractivity contribution in [2.45, 2.75) is 25.3 Å². The van der Waals surface area contributed by atoms with Gasteiger partial charge in [0.25, 0.3) is 0 Å². The summed E-state index contributed by atoms with van der Waals surface area (Å²) in [6.07, 6.45) is 4.02. The Morgan fingerprint density at radius 3 is 2.56 bits per heavy atom. The van der Waals surface area contributed by atoms with Crippen LogP contribution in [0.5, 0.6) is 0 Å². The predicted octanol–water partition coefficient (Wildman–Crippen LogP) is 4.41. The highest BCUT2D eigenvalue weighted by atomic mass is 79.9. The first kappa shape index (κ1) is 18.2. The van der Waals surface area contributed by atoms with E-state index in [0.717, 1.165) is 48.0 Å². The maximum atomic E-state index is 11.0. The molecule has 0 radical (unpaired) electrons. The van der Waals surface area contributed by atoms with Crippen LogP contribution in [0.15, 0.2) is 47.1 Å². The van der Waals surface area contributed by atoms with E-state index < -0.39 is 5.97 Å². The van der Waals surface area contributed by atoms with Gasteiger partial charge >= 0.3 is 5.97 Å². The molecule has 0 amide bonds. The minimum atomic E-state index is -0.868. The fourth-order valence-corrected chi connectivity index (χ4v) is 4.35. The first-order valence-corrected chi connectivity index (χ1v) is 9.96. The van der Waals surface area contributed by atoms with Crippen LogP contribution in [-0.2, 0) is 13.6 Å². The number of carbonyl (C=O) groups is 1. The van der Waals surface area contributed by atoms with Gasteiger partial charge in [0.1, 0.15) is 5.65 Å². The molecule has 1 saturated heterocycles. The summed E-state index contributed by atoms with van der Waals surface area (Å²) in [5, 5.41) is 10.2. The smallest absolute Gasteiger partial charge is 0.335 e. The number of hydrogen-bond acceptors (Lipinski definition) is 3. The van der Waals surface area contributed by atoms with Crippen molar-refractivity contribution in [3.8, 4) is 0 Å². The molecule has 0 aliphatic carbocycles. The lowest BCUT2D eigenvalue weighted by atomic mass is 9.89. The fourth-order valence-electron chi connectivity index (χ4n) is 3.94. The van der Waals surface area contributed by atoms with E-state index in [0.29, 0.717) is 11.5 Å². The third kappa shape index (κ3) is 3.64. The van der Waals surface area contributed by atoms with E-state index >= 15 is 0 Å². The summed E-state index contributed by atoms with van der Waals surface area (Å²) in [6.45, 7) is 3.01. The van der Waals surface area contributed by atoms with E-state index in [2.05, 4.69) is 43.5 Å². The van der Waals surface area contributed by atoms with Crippen molar-refractivity contribution in [3.63, 3.8) is 0 Å². The lowest BCUT2D eigenvalue weighted by Crippen LogP contribution is -2.33. The van der Waals surface area contributed by atoms with Crippen LogP contribution < -0.4 is 0 Å². The summed E-state index contributed by atoms with van der Waals surface area (Å²) in [4.78, 5) is 18.0. The predicted molar refractivity (Wildman–Crippen MR) is 109 cm³/mol. The van der Waals surface area contributed by atoms with Gasteiger partial charge in [0.15, 0.2) is 0 Å². The first-order valence-electron chi connectivity index (χ1n) is 9.17. The van der Waals surface area contributed by atoms with Crippen molar-refractivity contribution < 1.29 is 9.90 Å². The summed E-state index contributed by atoms with van der Waals surface area (Å²) in [7, 11) is 2.08. The van der Waals surface area contributed by atoms with Crippen molar-refractivity contribution >= 4 is 32.9 Å². The van der Waals surface area contributed by atoms with Gasteiger partial charge in [0.2, 0.25) is 0 Å². The molecule has 5 nitrogen and oxygen atoms in total. The number of carboxylic acid groups (broad SMARTS) is 1. The third-order valence-corrected chi connectivity index (χ3v) is 6.27. The molecule has 1 fully saturated rings. The Morgan fingerprint density at radius 2 is 1.93 bits per heavy atom. The summed E-state index contributed by atoms with van der Waals surface area (Å²) in [5.41, 5.74) is 3.88. The number of aromatic nitrogens is 2. The Hall–Kier alpha value is -2.18. The quantitative estimate of drug-likeness (QED) is 0.669. The number of carboxylic acids is 1. The molecule has 1 aromatic carbocycles. The minimum absolute atomic E-state index is 0.353. The molecule has 3 aromatic rings. The topological polar surface area (TPSA) is 58.4 Å². The van der Waals surface area contributed by atoms with Gasteiger partial charge in [0, 0.05) is 35.3 Å². The van der Waals surface area contributed by atoms with E-state index in [1.807, 2.05) is 24.4 Å². The van der Waals surface area contributed by atoms with Crippen LogP contribution in [0.1, 0.15) is 40.4 Å². The number of aryl methyl sites for hydroxylation is 1. The zero-order valence-electron chi connectivity index (χ0n) is 15.2. The van der Waals surface area contributed by atoms with Gasteiger partial charge in [-0.3, -0.25) is 4.90 Å². The van der Waals surface area contributed by atoms with E-state index in [1.165, 1.54) is 11.3 Å². The molecule has 1 aliphatic rings. The molecule has 3 heterocycles. The van der Waals surface area contributed by atoms with Crippen LogP contribution in [0.4, 0.5) is 0 Å². The fraction of sp³-hybridized carbons (Fsp3) is 0.333. The van der Waals surface area contributed by atoms with Crippen molar-refractivity contribution in [2.24, 2.45) is 7.05 Å². The van der Waals surface area contributed by atoms with Crippen LogP contribution in [0.3, 0.4) is 0 Å². The Bertz CT molecular complexity index is 973. The molecule has 2 aromatic heterocycles. The largest absolute Gasteiger partial charge is 0.478 e. The molecule has 6 heteroatoms. The molecule has 0 saturated carbocycles. The van der Waals surface area contributed by atoms with Crippen molar-refractivity contribution in [1.82, 2.24) is 14.5 Å². The lowest BCUT2D eigenvalue weighted by molar-refractivity contribution is 0.0697. The van der Waals surface area contributed by atoms with Crippen LogP contribution in [0.2, 0.25) is 0 Å². The molecule has 140 valence electrons. The number of halogens is 1. The average Bonchev–Trinajstić information content (AvgIpc) is 3.00.